The molecular weight excluding hydrogens is 284 g/mol. The van der Waals surface area contributed by atoms with E-state index in [1.165, 1.54) is 11.3 Å². The van der Waals surface area contributed by atoms with Gasteiger partial charge in [0.1, 0.15) is 0 Å². The summed E-state index contributed by atoms with van der Waals surface area (Å²) in [4.78, 5) is 2.48. The molecule has 118 valence electrons. The second-order valence-corrected chi connectivity index (χ2v) is 6.33. The summed E-state index contributed by atoms with van der Waals surface area (Å²) in [5.74, 6) is 0.721. The lowest BCUT2D eigenvalue weighted by molar-refractivity contribution is -0.0315. The fourth-order valence-corrected chi connectivity index (χ4v) is 2.81. The molecule has 0 bridgehead atoms. The lowest BCUT2D eigenvalue weighted by atomic mass is 10.1. The molecule has 1 heterocycles. The first-order valence-electron chi connectivity index (χ1n) is 7.93. The van der Waals surface area contributed by atoms with E-state index in [1.807, 2.05) is 0 Å². The van der Waals surface area contributed by atoms with E-state index in [0.717, 1.165) is 45.0 Å². The van der Waals surface area contributed by atoms with Crippen molar-refractivity contribution in [3.8, 4) is 0 Å². The zero-order valence-electron chi connectivity index (χ0n) is 13.1. The molecule has 1 N–H and O–H groups in total. The van der Waals surface area contributed by atoms with Crippen LogP contribution in [-0.2, 0) is 11.2 Å². The highest BCUT2D eigenvalue weighted by Crippen LogP contribution is 2.14. The lowest BCUT2D eigenvalue weighted by Crippen LogP contribution is -2.48. The number of alkyl halides is 1. The molecule has 21 heavy (non-hydrogen) atoms. The second-order valence-electron chi connectivity index (χ2n) is 5.96. The van der Waals surface area contributed by atoms with Gasteiger partial charge in [-0.1, -0.05) is 12.1 Å². The predicted octanol–water partition coefficient (Wildman–Crippen LogP) is 3.38. The highest BCUT2D eigenvalue weighted by Gasteiger charge is 2.21. The van der Waals surface area contributed by atoms with E-state index in [0.29, 0.717) is 6.04 Å². The van der Waals surface area contributed by atoms with Crippen LogP contribution in [0.5, 0.6) is 0 Å². The van der Waals surface area contributed by atoms with Crippen LogP contribution >= 0.6 is 11.6 Å². The number of ether oxygens (including phenoxy) is 1. The van der Waals surface area contributed by atoms with Gasteiger partial charge in [-0.3, -0.25) is 4.90 Å². The third kappa shape index (κ3) is 5.50. The SMILES string of the molecule is CC(C)N1CCOC(CNc2cccc(CCCCl)c2)C1. The molecule has 0 spiro atoms. The van der Waals surface area contributed by atoms with E-state index in [4.69, 9.17) is 16.3 Å². The number of anilines is 1. The normalized spacial score (nSPS) is 19.9. The zero-order valence-corrected chi connectivity index (χ0v) is 13.9. The van der Waals surface area contributed by atoms with Crippen molar-refractivity contribution in [1.29, 1.82) is 0 Å². The summed E-state index contributed by atoms with van der Waals surface area (Å²) >= 11 is 5.76. The molecule has 4 heteroatoms. The van der Waals surface area contributed by atoms with Gasteiger partial charge in [-0.25, -0.2) is 0 Å². The fraction of sp³-hybridized carbons (Fsp3) is 0.647. The number of rotatable bonds is 7. The van der Waals surface area contributed by atoms with Crippen molar-refractivity contribution in [3.05, 3.63) is 29.8 Å². The summed E-state index contributed by atoms with van der Waals surface area (Å²) in [7, 11) is 0. The van der Waals surface area contributed by atoms with Gasteiger partial charge in [-0.2, -0.15) is 0 Å². The Labute approximate surface area is 133 Å². The molecule has 0 aromatic heterocycles. The maximum Gasteiger partial charge on any atom is 0.0874 e. The van der Waals surface area contributed by atoms with Gasteiger partial charge >= 0.3 is 0 Å². The second kappa shape index (κ2) is 8.62. The maximum absolute atomic E-state index is 5.85. The van der Waals surface area contributed by atoms with E-state index in [2.05, 4.69) is 48.3 Å². The summed E-state index contributed by atoms with van der Waals surface area (Å²) < 4.78 is 5.85. The Bertz CT molecular complexity index is 425. The minimum absolute atomic E-state index is 0.271. The Hall–Kier alpha value is -0.770. The first kappa shape index (κ1) is 16.6. The minimum atomic E-state index is 0.271. The molecule has 3 nitrogen and oxygen atoms in total. The van der Waals surface area contributed by atoms with Crippen LogP contribution in [0.3, 0.4) is 0 Å². The van der Waals surface area contributed by atoms with Crippen molar-refractivity contribution in [2.45, 2.75) is 38.8 Å². The predicted molar refractivity (Wildman–Crippen MR) is 90.4 cm³/mol. The number of halogens is 1. The van der Waals surface area contributed by atoms with Crippen molar-refractivity contribution < 1.29 is 4.74 Å². The quantitative estimate of drug-likeness (QED) is 0.781. The van der Waals surface area contributed by atoms with Crippen LogP contribution in [0.4, 0.5) is 5.69 Å². The van der Waals surface area contributed by atoms with Gasteiger partial charge in [-0.05, 0) is 44.4 Å². The topological polar surface area (TPSA) is 24.5 Å². The Kier molecular flexibility index (Phi) is 6.81. The summed E-state index contributed by atoms with van der Waals surface area (Å²) in [5.41, 5.74) is 2.52. The van der Waals surface area contributed by atoms with E-state index in [1.54, 1.807) is 0 Å². The van der Waals surface area contributed by atoms with Crippen molar-refractivity contribution in [2.75, 3.05) is 37.4 Å². The van der Waals surface area contributed by atoms with Gasteiger partial charge in [0, 0.05) is 37.2 Å². The van der Waals surface area contributed by atoms with Gasteiger partial charge in [0.2, 0.25) is 0 Å². The van der Waals surface area contributed by atoms with Crippen LogP contribution in [0.15, 0.2) is 24.3 Å². The van der Waals surface area contributed by atoms with Crippen LogP contribution in [0, 0.1) is 0 Å². The molecule has 1 unspecified atom stereocenters. The zero-order chi connectivity index (χ0) is 15.1. The lowest BCUT2D eigenvalue weighted by Gasteiger charge is -2.35. The van der Waals surface area contributed by atoms with Gasteiger partial charge in [0.15, 0.2) is 0 Å². The molecule has 1 aliphatic rings. The first-order valence-corrected chi connectivity index (χ1v) is 8.47. The van der Waals surface area contributed by atoms with Crippen molar-refractivity contribution in [2.24, 2.45) is 0 Å². The number of hydrogen-bond acceptors (Lipinski definition) is 3. The van der Waals surface area contributed by atoms with Crippen LogP contribution in [-0.4, -0.2) is 49.2 Å². The summed E-state index contributed by atoms with van der Waals surface area (Å²) in [6, 6.07) is 9.20. The smallest absolute Gasteiger partial charge is 0.0874 e. The Morgan fingerprint density at radius 3 is 3.05 bits per heavy atom. The standard InChI is InChI=1S/C17H27ClN2O/c1-14(2)20-9-10-21-17(13-20)12-19-16-7-3-5-15(11-16)6-4-8-18/h3,5,7,11,14,17,19H,4,6,8-10,12-13H2,1-2H3. The molecule has 0 saturated carbocycles. The number of hydrogen-bond donors (Lipinski definition) is 1. The Morgan fingerprint density at radius 2 is 2.29 bits per heavy atom. The molecule has 1 saturated heterocycles. The molecule has 1 aromatic carbocycles. The highest BCUT2D eigenvalue weighted by molar-refractivity contribution is 6.17. The Morgan fingerprint density at radius 1 is 1.43 bits per heavy atom. The van der Waals surface area contributed by atoms with Gasteiger partial charge in [-0.15, -0.1) is 11.6 Å². The van der Waals surface area contributed by atoms with E-state index < -0.39 is 0 Å². The van der Waals surface area contributed by atoms with Crippen LogP contribution in [0.2, 0.25) is 0 Å². The average molecular weight is 311 g/mol. The highest BCUT2D eigenvalue weighted by atomic mass is 35.5. The van der Waals surface area contributed by atoms with Crippen LogP contribution < -0.4 is 5.32 Å². The minimum Gasteiger partial charge on any atom is -0.382 e. The molecular formula is C17H27ClN2O. The summed E-state index contributed by atoms with van der Waals surface area (Å²) in [6.07, 6.45) is 2.34. The molecule has 1 aromatic rings. The van der Waals surface area contributed by atoms with Crippen molar-refractivity contribution in [1.82, 2.24) is 4.90 Å². The molecule has 2 rings (SSSR count). The van der Waals surface area contributed by atoms with Gasteiger partial charge in [0.05, 0.1) is 12.7 Å². The van der Waals surface area contributed by atoms with E-state index in [9.17, 15) is 0 Å². The van der Waals surface area contributed by atoms with Crippen LogP contribution in [0.25, 0.3) is 0 Å². The van der Waals surface area contributed by atoms with Crippen LogP contribution in [0.1, 0.15) is 25.8 Å². The summed E-state index contributed by atoms with van der Waals surface area (Å²) in [5, 5.41) is 3.51. The first-order chi connectivity index (χ1) is 10.2. The van der Waals surface area contributed by atoms with Gasteiger partial charge in [0.25, 0.3) is 0 Å². The number of nitrogens with zero attached hydrogens (tertiary/aromatic N) is 1. The molecule has 0 radical (unpaired) electrons. The molecule has 1 aliphatic heterocycles. The van der Waals surface area contributed by atoms with Gasteiger partial charge < -0.3 is 10.1 Å². The third-order valence-electron chi connectivity index (χ3n) is 3.96. The number of benzene rings is 1. The number of morpholine rings is 1. The molecule has 0 amide bonds. The number of aryl methyl sites for hydroxylation is 1. The third-order valence-corrected chi connectivity index (χ3v) is 4.23. The largest absolute Gasteiger partial charge is 0.382 e. The number of nitrogens with one attached hydrogen (secondary N) is 1. The van der Waals surface area contributed by atoms with Crippen molar-refractivity contribution in [3.63, 3.8) is 0 Å². The molecule has 1 atom stereocenters. The summed E-state index contributed by atoms with van der Waals surface area (Å²) in [6.45, 7) is 8.24. The maximum atomic E-state index is 5.85. The fourth-order valence-electron chi connectivity index (χ4n) is 2.67. The average Bonchev–Trinajstić information content (AvgIpc) is 2.51. The van der Waals surface area contributed by atoms with E-state index in [-0.39, 0.29) is 6.10 Å². The molecule has 0 aliphatic carbocycles. The molecule has 1 fully saturated rings. The van der Waals surface area contributed by atoms with Crippen molar-refractivity contribution >= 4 is 17.3 Å². The van der Waals surface area contributed by atoms with E-state index >= 15 is 0 Å². The Balaban J connectivity index is 1.82. The monoisotopic (exact) mass is 310 g/mol.